The van der Waals surface area contributed by atoms with Crippen LogP contribution in [0.2, 0.25) is 0 Å². The first-order chi connectivity index (χ1) is 11.2. The Morgan fingerprint density at radius 1 is 1.48 bits per heavy atom. The van der Waals surface area contributed by atoms with Crippen molar-refractivity contribution in [2.24, 2.45) is 0 Å². The van der Waals surface area contributed by atoms with Gasteiger partial charge in [0.25, 0.3) is 0 Å². The summed E-state index contributed by atoms with van der Waals surface area (Å²) < 4.78 is 5.37. The van der Waals surface area contributed by atoms with Crippen LogP contribution in [0.3, 0.4) is 0 Å². The minimum atomic E-state index is 0.0396. The number of thiazole rings is 1. The number of hydrogen-bond donors (Lipinski definition) is 0. The molecule has 8 heteroatoms. The van der Waals surface area contributed by atoms with Gasteiger partial charge in [-0.25, -0.2) is 4.98 Å². The van der Waals surface area contributed by atoms with Crippen LogP contribution >= 0.6 is 11.3 Å². The molecular weight excluding hydrogens is 314 g/mol. The second-order valence-corrected chi connectivity index (χ2v) is 7.03. The van der Waals surface area contributed by atoms with E-state index in [1.54, 1.807) is 18.1 Å². The van der Waals surface area contributed by atoms with Crippen LogP contribution in [0.25, 0.3) is 0 Å². The number of amides is 1. The van der Waals surface area contributed by atoms with Gasteiger partial charge >= 0.3 is 0 Å². The Bertz CT molecular complexity index is 682. The minimum Gasteiger partial charge on any atom is -0.339 e. The van der Waals surface area contributed by atoms with Crippen molar-refractivity contribution in [2.75, 3.05) is 25.0 Å². The topological polar surface area (TPSA) is 75.4 Å². The number of likely N-dealkylation sites (tertiary alicyclic amines) is 1. The number of aromatic nitrogens is 3. The molecule has 0 spiro atoms. The lowest BCUT2D eigenvalue weighted by Gasteiger charge is -2.23. The summed E-state index contributed by atoms with van der Waals surface area (Å²) in [6.45, 7) is 1.24. The predicted molar refractivity (Wildman–Crippen MR) is 85.3 cm³/mol. The SMILES string of the molecule is CN(C(=O)CN1CCC[C@@H]1c1noc(C2CC2)n1)c1nccs1. The molecule has 0 N–H and O–H groups in total. The lowest BCUT2D eigenvalue weighted by atomic mass is 10.2. The van der Waals surface area contributed by atoms with E-state index in [4.69, 9.17) is 4.52 Å². The normalized spacial score (nSPS) is 21.7. The minimum absolute atomic E-state index is 0.0396. The van der Waals surface area contributed by atoms with Crippen molar-refractivity contribution in [1.29, 1.82) is 0 Å². The van der Waals surface area contributed by atoms with Gasteiger partial charge in [-0.3, -0.25) is 14.6 Å². The van der Waals surface area contributed by atoms with Crippen LogP contribution in [-0.2, 0) is 4.79 Å². The van der Waals surface area contributed by atoms with Gasteiger partial charge in [0.2, 0.25) is 11.8 Å². The lowest BCUT2D eigenvalue weighted by Crippen LogP contribution is -2.38. The maximum atomic E-state index is 12.5. The first-order valence-electron chi connectivity index (χ1n) is 7.96. The van der Waals surface area contributed by atoms with Crippen molar-refractivity contribution in [3.8, 4) is 0 Å². The Morgan fingerprint density at radius 3 is 3.09 bits per heavy atom. The lowest BCUT2D eigenvalue weighted by molar-refractivity contribution is -0.119. The number of anilines is 1. The van der Waals surface area contributed by atoms with E-state index in [0.29, 0.717) is 12.5 Å². The molecule has 2 aromatic rings. The molecule has 4 rings (SSSR count). The monoisotopic (exact) mass is 333 g/mol. The standard InChI is InChI=1S/C15H19N5O2S/c1-19(15-16-6-8-23-15)12(21)9-20-7-2-3-11(20)13-17-14(22-18-13)10-4-5-10/h6,8,10-11H,2-5,7,9H2,1H3/t11-/m1/s1. The largest absolute Gasteiger partial charge is 0.339 e. The van der Waals surface area contributed by atoms with Crippen molar-refractivity contribution >= 4 is 22.4 Å². The zero-order valence-corrected chi connectivity index (χ0v) is 13.8. The van der Waals surface area contributed by atoms with Gasteiger partial charge in [-0.15, -0.1) is 11.3 Å². The molecule has 0 unspecified atom stereocenters. The molecule has 1 saturated carbocycles. The molecular formula is C15H19N5O2S. The highest BCUT2D eigenvalue weighted by molar-refractivity contribution is 7.13. The molecule has 23 heavy (non-hydrogen) atoms. The average molecular weight is 333 g/mol. The number of rotatable bonds is 5. The predicted octanol–water partition coefficient (Wildman–Crippen LogP) is 2.20. The van der Waals surface area contributed by atoms with Gasteiger partial charge in [-0.2, -0.15) is 4.98 Å². The van der Waals surface area contributed by atoms with Gasteiger partial charge in [0, 0.05) is 24.5 Å². The molecule has 2 aromatic heterocycles. The van der Waals surface area contributed by atoms with Crippen LogP contribution < -0.4 is 4.90 Å². The first-order valence-corrected chi connectivity index (χ1v) is 8.84. The van der Waals surface area contributed by atoms with Crippen LogP contribution in [0.15, 0.2) is 16.1 Å². The summed E-state index contributed by atoms with van der Waals surface area (Å²) in [6.07, 6.45) is 6.02. The zero-order chi connectivity index (χ0) is 15.8. The smallest absolute Gasteiger partial charge is 0.242 e. The fraction of sp³-hybridized carbons (Fsp3) is 0.600. The number of carbonyl (C=O) groups is 1. The molecule has 0 aromatic carbocycles. The van der Waals surface area contributed by atoms with E-state index < -0.39 is 0 Å². The summed E-state index contributed by atoms with van der Waals surface area (Å²) in [5, 5.41) is 6.74. The zero-order valence-electron chi connectivity index (χ0n) is 13.0. The molecule has 0 radical (unpaired) electrons. The Balaban J connectivity index is 1.43. The summed E-state index contributed by atoms with van der Waals surface area (Å²) in [7, 11) is 1.77. The number of hydrogen-bond acceptors (Lipinski definition) is 7. The Labute approximate surface area is 138 Å². The summed E-state index contributed by atoms with van der Waals surface area (Å²) >= 11 is 1.46. The fourth-order valence-electron chi connectivity index (χ4n) is 2.95. The molecule has 7 nitrogen and oxygen atoms in total. The van der Waals surface area contributed by atoms with E-state index in [-0.39, 0.29) is 11.9 Å². The maximum absolute atomic E-state index is 12.5. The van der Waals surface area contributed by atoms with Crippen LogP contribution in [0.5, 0.6) is 0 Å². The number of nitrogens with zero attached hydrogens (tertiary/aromatic N) is 5. The third-order valence-electron chi connectivity index (χ3n) is 4.46. The van der Waals surface area contributed by atoms with Crippen LogP contribution in [0.1, 0.15) is 49.4 Å². The molecule has 1 aliphatic carbocycles. The molecule has 1 saturated heterocycles. The van der Waals surface area contributed by atoms with E-state index in [1.165, 1.54) is 11.3 Å². The van der Waals surface area contributed by atoms with Gasteiger partial charge in [-0.1, -0.05) is 5.16 Å². The van der Waals surface area contributed by atoms with Gasteiger partial charge in [0.15, 0.2) is 11.0 Å². The van der Waals surface area contributed by atoms with Crippen molar-refractivity contribution in [2.45, 2.75) is 37.6 Å². The summed E-state index contributed by atoms with van der Waals surface area (Å²) in [5.41, 5.74) is 0. The third kappa shape index (κ3) is 3.00. The van der Waals surface area contributed by atoms with Crippen LogP contribution in [0, 0.1) is 0 Å². The Morgan fingerprint density at radius 2 is 2.35 bits per heavy atom. The van der Waals surface area contributed by atoms with Crippen molar-refractivity contribution in [3.63, 3.8) is 0 Å². The summed E-state index contributed by atoms with van der Waals surface area (Å²) in [4.78, 5) is 25.0. The second kappa shape index (κ2) is 6.01. The average Bonchev–Trinajstić information content (AvgIpc) is 3.02. The maximum Gasteiger partial charge on any atom is 0.242 e. The molecule has 2 aliphatic rings. The molecule has 1 aliphatic heterocycles. The van der Waals surface area contributed by atoms with E-state index >= 15 is 0 Å². The summed E-state index contributed by atoms with van der Waals surface area (Å²) in [5.74, 6) is 1.99. The number of carbonyl (C=O) groups excluding carboxylic acids is 1. The van der Waals surface area contributed by atoms with Gasteiger partial charge in [0.05, 0.1) is 12.6 Å². The first kappa shape index (κ1) is 14.8. The van der Waals surface area contributed by atoms with E-state index in [2.05, 4.69) is 20.0 Å². The highest BCUT2D eigenvalue weighted by Crippen LogP contribution is 2.40. The quantitative estimate of drug-likeness (QED) is 0.835. The van der Waals surface area contributed by atoms with Crippen LogP contribution in [-0.4, -0.2) is 46.1 Å². The summed E-state index contributed by atoms with van der Waals surface area (Å²) in [6, 6.07) is 0.0832. The van der Waals surface area contributed by atoms with E-state index in [9.17, 15) is 4.79 Å². The molecule has 122 valence electrons. The van der Waals surface area contributed by atoms with Crippen molar-refractivity contribution in [3.05, 3.63) is 23.3 Å². The third-order valence-corrected chi connectivity index (χ3v) is 5.31. The molecule has 1 amide bonds. The van der Waals surface area contributed by atoms with Crippen LogP contribution in [0.4, 0.5) is 5.13 Å². The molecule has 3 heterocycles. The van der Waals surface area contributed by atoms with Gasteiger partial charge < -0.3 is 4.52 Å². The van der Waals surface area contributed by atoms with Gasteiger partial charge in [-0.05, 0) is 32.2 Å². The molecule has 0 bridgehead atoms. The molecule has 2 fully saturated rings. The van der Waals surface area contributed by atoms with Crippen molar-refractivity contribution in [1.82, 2.24) is 20.0 Å². The van der Waals surface area contributed by atoms with E-state index in [1.807, 2.05) is 5.38 Å². The van der Waals surface area contributed by atoms with E-state index in [0.717, 1.165) is 49.1 Å². The highest BCUT2D eigenvalue weighted by atomic mass is 32.1. The molecule has 1 atom stereocenters. The second-order valence-electron chi connectivity index (χ2n) is 6.16. The van der Waals surface area contributed by atoms with Crippen molar-refractivity contribution < 1.29 is 9.32 Å². The Hall–Kier alpha value is -1.80. The number of likely N-dealkylation sites (N-methyl/N-ethyl adjacent to an activating group) is 1. The highest BCUT2D eigenvalue weighted by Gasteiger charge is 2.35. The Kier molecular flexibility index (Phi) is 3.86. The fourth-order valence-corrected chi connectivity index (χ4v) is 3.58. The van der Waals surface area contributed by atoms with Gasteiger partial charge in [0.1, 0.15) is 0 Å².